The Hall–Kier alpha value is -3.40. The number of nitrogens with zero attached hydrogens (tertiary/aromatic N) is 4. The number of anilines is 1. The molecule has 36 heavy (non-hydrogen) atoms. The minimum atomic E-state index is -0.379. The maximum atomic E-state index is 13.2. The van der Waals surface area contributed by atoms with Crippen molar-refractivity contribution in [2.45, 2.75) is 20.4 Å². The number of benzene rings is 2. The van der Waals surface area contributed by atoms with Gasteiger partial charge in [0.25, 0.3) is 5.91 Å². The smallest absolute Gasteiger partial charge is 0.260 e. The van der Waals surface area contributed by atoms with Crippen molar-refractivity contribution in [3.05, 3.63) is 58.1 Å². The minimum absolute atomic E-state index is 0.295. The Balaban J connectivity index is 1.73. The van der Waals surface area contributed by atoms with Crippen LogP contribution in [0.5, 0.6) is 11.5 Å². The van der Waals surface area contributed by atoms with Crippen LogP contribution in [0.3, 0.4) is 0 Å². The average molecular weight is 529 g/mol. The molecule has 0 fully saturated rings. The number of methoxy groups -OCH3 is 2. The average Bonchev–Trinajstić information content (AvgIpc) is 3.34. The summed E-state index contributed by atoms with van der Waals surface area (Å²) in [7, 11) is 3.01. The SMILES string of the molecule is CCN(CC)Cc1c[nH]c(NC(=O)c2ccc(-c3c(Cl)c(OC)cc(OC)c3Cl)c3nccnc23)n1. The molecule has 0 unspecified atom stereocenters. The Labute approximate surface area is 218 Å². The standard InChI is InChI=1S/C25H26Cl2N6O3/c1-5-33(6-2)13-14-12-30-25(31-14)32-24(34)16-8-7-15(22-23(16)29-10-9-28-22)19-20(26)17(35-3)11-18(36-4)21(19)27/h7-12H,5-6,13H2,1-4H3,(H2,30,31,32,34). The summed E-state index contributed by atoms with van der Waals surface area (Å²) in [6, 6.07) is 4.99. The zero-order valence-electron chi connectivity index (χ0n) is 20.4. The summed E-state index contributed by atoms with van der Waals surface area (Å²) in [5, 5.41) is 3.40. The van der Waals surface area contributed by atoms with Gasteiger partial charge >= 0.3 is 0 Å². The quantitative estimate of drug-likeness (QED) is 0.298. The second-order valence-electron chi connectivity index (χ2n) is 7.85. The number of H-pyrrole nitrogens is 1. The van der Waals surface area contributed by atoms with Gasteiger partial charge in [0.2, 0.25) is 5.95 Å². The van der Waals surface area contributed by atoms with E-state index < -0.39 is 0 Å². The van der Waals surface area contributed by atoms with Crippen molar-refractivity contribution < 1.29 is 14.3 Å². The molecule has 0 saturated carbocycles. The number of fused-ring (bicyclic) bond motifs is 1. The lowest BCUT2D eigenvalue weighted by Gasteiger charge is -2.16. The second kappa shape index (κ2) is 11.1. The predicted molar refractivity (Wildman–Crippen MR) is 141 cm³/mol. The molecule has 1 amide bonds. The van der Waals surface area contributed by atoms with Gasteiger partial charge in [-0.25, -0.2) is 4.98 Å². The van der Waals surface area contributed by atoms with E-state index in [0.717, 1.165) is 18.8 Å². The number of imidazole rings is 1. The molecular weight excluding hydrogens is 503 g/mol. The number of amides is 1. The van der Waals surface area contributed by atoms with Crippen LogP contribution in [0.4, 0.5) is 5.95 Å². The van der Waals surface area contributed by atoms with Crippen molar-refractivity contribution in [3.8, 4) is 22.6 Å². The fourth-order valence-electron chi connectivity index (χ4n) is 3.92. The molecule has 2 aromatic heterocycles. The van der Waals surface area contributed by atoms with Gasteiger partial charge in [-0.15, -0.1) is 0 Å². The summed E-state index contributed by atoms with van der Waals surface area (Å²) < 4.78 is 10.8. The summed E-state index contributed by atoms with van der Waals surface area (Å²) in [6.07, 6.45) is 4.85. The number of carbonyl (C=O) groups excluding carboxylic acids is 1. The predicted octanol–water partition coefficient (Wildman–Crippen LogP) is 5.44. The van der Waals surface area contributed by atoms with Crippen LogP contribution in [0, 0.1) is 0 Å². The van der Waals surface area contributed by atoms with Crippen molar-refractivity contribution in [2.75, 3.05) is 32.6 Å². The van der Waals surface area contributed by atoms with Gasteiger partial charge in [-0.05, 0) is 19.2 Å². The third kappa shape index (κ3) is 4.95. The van der Waals surface area contributed by atoms with Crippen molar-refractivity contribution >= 4 is 46.1 Å². The zero-order chi connectivity index (χ0) is 25.8. The third-order valence-electron chi connectivity index (χ3n) is 5.86. The van der Waals surface area contributed by atoms with Crippen LogP contribution in [0.1, 0.15) is 29.9 Å². The van der Waals surface area contributed by atoms with Gasteiger partial charge < -0.3 is 14.5 Å². The first kappa shape index (κ1) is 25.7. The van der Waals surface area contributed by atoms with E-state index in [0.29, 0.717) is 61.8 Å². The molecule has 0 bridgehead atoms. The lowest BCUT2D eigenvalue weighted by Crippen LogP contribution is -2.22. The Morgan fingerprint density at radius 3 is 2.28 bits per heavy atom. The van der Waals surface area contributed by atoms with E-state index >= 15 is 0 Å². The molecule has 11 heteroatoms. The molecule has 0 radical (unpaired) electrons. The van der Waals surface area contributed by atoms with Gasteiger partial charge in [0.1, 0.15) is 17.0 Å². The van der Waals surface area contributed by atoms with E-state index in [1.807, 2.05) is 0 Å². The molecule has 2 aromatic carbocycles. The number of halogens is 2. The van der Waals surface area contributed by atoms with Gasteiger partial charge in [0.15, 0.2) is 0 Å². The van der Waals surface area contributed by atoms with Crippen LogP contribution in [0.2, 0.25) is 10.0 Å². The second-order valence-corrected chi connectivity index (χ2v) is 8.61. The van der Waals surface area contributed by atoms with Crippen LogP contribution in [-0.2, 0) is 6.54 Å². The molecule has 0 aliphatic rings. The number of hydrogen-bond acceptors (Lipinski definition) is 7. The molecule has 4 aromatic rings. The van der Waals surface area contributed by atoms with Crippen LogP contribution < -0.4 is 14.8 Å². The highest BCUT2D eigenvalue weighted by Gasteiger charge is 2.23. The Morgan fingerprint density at radius 2 is 1.67 bits per heavy atom. The number of nitrogens with one attached hydrogen (secondary N) is 2. The fraction of sp³-hybridized carbons (Fsp3) is 0.280. The molecule has 2 heterocycles. The number of carbonyl (C=O) groups is 1. The molecule has 0 aliphatic heterocycles. The van der Waals surface area contributed by atoms with E-state index in [1.165, 1.54) is 20.4 Å². The van der Waals surface area contributed by atoms with Crippen LogP contribution in [-0.4, -0.2) is 58.1 Å². The van der Waals surface area contributed by atoms with Crippen LogP contribution in [0.15, 0.2) is 36.8 Å². The molecule has 188 valence electrons. The summed E-state index contributed by atoms with van der Waals surface area (Å²) in [4.78, 5) is 31.9. The molecule has 0 saturated heterocycles. The zero-order valence-corrected chi connectivity index (χ0v) is 21.9. The monoisotopic (exact) mass is 528 g/mol. The molecule has 9 nitrogen and oxygen atoms in total. The van der Waals surface area contributed by atoms with Gasteiger partial charge in [-0.3, -0.25) is 25.0 Å². The molecular formula is C25H26Cl2N6O3. The Morgan fingerprint density at radius 1 is 1.03 bits per heavy atom. The van der Waals surface area contributed by atoms with Crippen molar-refractivity contribution in [3.63, 3.8) is 0 Å². The summed E-state index contributed by atoms with van der Waals surface area (Å²) in [6.45, 7) is 6.70. The van der Waals surface area contributed by atoms with Gasteiger partial charge in [0, 0.05) is 42.3 Å². The van der Waals surface area contributed by atoms with E-state index in [9.17, 15) is 4.79 Å². The van der Waals surface area contributed by atoms with E-state index in [1.54, 1.807) is 30.6 Å². The van der Waals surface area contributed by atoms with E-state index in [4.69, 9.17) is 32.7 Å². The molecule has 0 atom stereocenters. The maximum Gasteiger partial charge on any atom is 0.260 e. The number of hydrogen-bond donors (Lipinski definition) is 2. The number of ether oxygens (including phenoxy) is 2. The first-order valence-electron chi connectivity index (χ1n) is 11.3. The number of aromatic nitrogens is 4. The highest BCUT2D eigenvalue weighted by molar-refractivity contribution is 6.41. The highest BCUT2D eigenvalue weighted by Crippen LogP contribution is 2.47. The first-order valence-corrected chi connectivity index (χ1v) is 12.1. The Bertz CT molecular complexity index is 1380. The van der Waals surface area contributed by atoms with Crippen molar-refractivity contribution in [1.29, 1.82) is 0 Å². The lowest BCUT2D eigenvalue weighted by atomic mass is 9.99. The fourth-order valence-corrected chi connectivity index (χ4v) is 4.62. The summed E-state index contributed by atoms with van der Waals surface area (Å²) in [5.41, 5.74) is 3.05. The van der Waals surface area contributed by atoms with E-state index in [2.05, 4.69) is 44.0 Å². The topological polar surface area (TPSA) is 105 Å². The van der Waals surface area contributed by atoms with Gasteiger partial charge in [0.05, 0.1) is 41.0 Å². The lowest BCUT2D eigenvalue weighted by molar-refractivity contribution is 0.102. The number of rotatable bonds is 9. The third-order valence-corrected chi connectivity index (χ3v) is 6.61. The molecule has 0 aliphatic carbocycles. The number of aromatic amines is 1. The Kier molecular flexibility index (Phi) is 7.93. The van der Waals surface area contributed by atoms with E-state index in [-0.39, 0.29) is 5.91 Å². The highest BCUT2D eigenvalue weighted by atomic mass is 35.5. The molecule has 0 spiro atoms. The largest absolute Gasteiger partial charge is 0.495 e. The van der Waals surface area contributed by atoms with Crippen LogP contribution in [0.25, 0.3) is 22.2 Å². The molecule has 4 rings (SSSR count). The first-order chi connectivity index (χ1) is 17.4. The van der Waals surface area contributed by atoms with Gasteiger partial charge in [-0.1, -0.05) is 43.1 Å². The minimum Gasteiger partial charge on any atom is -0.495 e. The van der Waals surface area contributed by atoms with Gasteiger partial charge in [-0.2, -0.15) is 0 Å². The summed E-state index contributed by atoms with van der Waals surface area (Å²) in [5.74, 6) is 0.762. The van der Waals surface area contributed by atoms with Crippen LogP contribution >= 0.6 is 23.2 Å². The maximum absolute atomic E-state index is 13.2. The van der Waals surface area contributed by atoms with Crippen molar-refractivity contribution in [1.82, 2.24) is 24.8 Å². The normalized spacial score (nSPS) is 11.2. The van der Waals surface area contributed by atoms with Crippen molar-refractivity contribution in [2.24, 2.45) is 0 Å². The summed E-state index contributed by atoms with van der Waals surface area (Å²) >= 11 is 13.3. The molecule has 2 N–H and O–H groups in total.